The van der Waals surface area contributed by atoms with E-state index in [9.17, 15) is 23.1 Å². The molecule has 184 valence electrons. The Hall–Kier alpha value is -3.89. The summed E-state index contributed by atoms with van der Waals surface area (Å²) in [5.74, 6) is -0.0701. The van der Waals surface area contributed by atoms with Gasteiger partial charge in [0, 0.05) is 18.7 Å². The Bertz CT molecular complexity index is 1770. The minimum atomic E-state index is -4.00. The standard InChI is InChI=1S/C25H21ClN4O5S/c1-15(31)27-17-8-11-21-19(13-17)24(32)30(25(33)28-21)23-14-18(9-10-20(23)26)36(34,35)29-12-4-6-16-5-2-3-7-22(16)29/h2-3,5,7-11,13-14H,4,6,12H2,1H3,(H,27,31)(H,28,33)/p+1. The van der Waals surface area contributed by atoms with Gasteiger partial charge in [-0.15, -0.1) is 0 Å². The molecule has 0 saturated carbocycles. The van der Waals surface area contributed by atoms with E-state index >= 15 is 0 Å². The van der Waals surface area contributed by atoms with Crippen molar-refractivity contribution in [2.24, 2.45) is 0 Å². The van der Waals surface area contributed by atoms with Gasteiger partial charge in [0.05, 0.1) is 39.1 Å². The zero-order valence-electron chi connectivity index (χ0n) is 19.2. The van der Waals surface area contributed by atoms with Crippen molar-refractivity contribution >= 4 is 49.8 Å². The fourth-order valence-corrected chi connectivity index (χ4v) is 6.18. The van der Waals surface area contributed by atoms with E-state index in [2.05, 4.69) is 9.98 Å². The van der Waals surface area contributed by atoms with Crippen LogP contribution in [0.15, 0.2) is 75.1 Å². The van der Waals surface area contributed by atoms with Gasteiger partial charge in [-0.25, -0.2) is 17.8 Å². The minimum absolute atomic E-state index is 0.0359. The summed E-state index contributed by atoms with van der Waals surface area (Å²) in [6, 6.07) is 15.9. The van der Waals surface area contributed by atoms with Crippen LogP contribution in [0, 0.1) is 0 Å². The molecule has 1 aliphatic rings. The van der Waals surface area contributed by atoms with E-state index in [0.29, 0.717) is 24.3 Å². The first-order valence-corrected chi connectivity index (χ1v) is 13.0. The van der Waals surface area contributed by atoms with E-state index < -0.39 is 21.3 Å². The predicted molar refractivity (Wildman–Crippen MR) is 138 cm³/mol. The lowest BCUT2D eigenvalue weighted by atomic mass is 10.0. The van der Waals surface area contributed by atoms with Crippen molar-refractivity contribution < 1.29 is 18.5 Å². The second-order valence-electron chi connectivity index (χ2n) is 8.46. The van der Waals surface area contributed by atoms with E-state index in [-0.39, 0.29) is 32.4 Å². The Balaban J connectivity index is 1.68. The summed E-state index contributed by atoms with van der Waals surface area (Å²) in [5.41, 5.74) is 0.752. The summed E-state index contributed by atoms with van der Waals surface area (Å²) in [4.78, 5) is 31.6. The first-order chi connectivity index (χ1) is 17.2. The van der Waals surface area contributed by atoms with Crippen LogP contribution in [0.2, 0.25) is 5.02 Å². The number of fused-ring (bicyclic) bond motifs is 2. The third-order valence-corrected chi connectivity index (χ3v) is 8.17. The molecule has 0 amide bonds. The zero-order chi connectivity index (χ0) is 25.6. The van der Waals surface area contributed by atoms with Crippen molar-refractivity contribution in [2.45, 2.75) is 24.7 Å². The number of sulfonamides is 1. The molecule has 0 radical (unpaired) electrons. The lowest BCUT2D eigenvalue weighted by molar-refractivity contribution is -0.365. The number of hydrogen-bond donors (Lipinski definition) is 3. The number of para-hydroxylation sites is 1. The summed E-state index contributed by atoms with van der Waals surface area (Å²) in [6.07, 6.45) is 1.45. The van der Waals surface area contributed by atoms with E-state index in [1.54, 1.807) is 18.2 Å². The maximum atomic E-state index is 13.6. The number of aromatic nitrogens is 2. The molecule has 5 rings (SSSR count). The van der Waals surface area contributed by atoms with Crippen LogP contribution >= 0.6 is 11.6 Å². The van der Waals surface area contributed by atoms with Crippen LogP contribution in [0.5, 0.6) is 0 Å². The van der Waals surface area contributed by atoms with Crippen LogP contribution in [-0.4, -0.2) is 35.5 Å². The highest BCUT2D eigenvalue weighted by molar-refractivity contribution is 7.92. The molecule has 0 fully saturated rings. The normalized spacial score (nSPS) is 14.2. The first kappa shape index (κ1) is 23.8. The smallest absolute Gasteiger partial charge is 0.334 e. The number of aliphatic hydroxyl groups is 1. The lowest BCUT2D eigenvalue weighted by Crippen LogP contribution is -2.65. The molecule has 0 spiro atoms. The quantitative estimate of drug-likeness (QED) is 0.278. The van der Waals surface area contributed by atoms with Crippen LogP contribution < -0.4 is 20.5 Å². The van der Waals surface area contributed by atoms with Crippen LogP contribution in [0.1, 0.15) is 18.9 Å². The Morgan fingerprint density at radius 3 is 2.61 bits per heavy atom. The molecule has 36 heavy (non-hydrogen) atoms. The molecule has 3 aromatic carbocycles. The van der Waals surface area contributed by atoms with Crippen molar-refractivity contribution in [3.8, 4) is 5.69 Å². The fraction of sp³-hybridized carbons (Fsp3) is 0.160. The number of anilines is 1. The minimum Gasteiger partial charge on any atom is -0.463 e. The number of aryl methyl sites for hydroxylation is 1. The molecule has 0 bridgehead atoms. The number of nitrogens with one attached hydrogen (secondary N) is 2. The highest BCUT2D eigenvalue weighted by Crippen LogP contribution is 2.33. The highest BCUT2D eigenvalue weighted by Gasteiger charge is 2.30. The van der Waals surface area contributed by atoms with E-state index in [4.69, 9.17) is 11.6 Å². The number of aliphatic hydroxyl groups excluding tert-OH is 1. The second-order valence-corrected chi connectivity index (χ2v) is 10.7. The molecule has 9 nitrogen and oxygen atoms in total. The summed E-state index contributed by atoms with van der Waals surface area (Å²) in [5, 5.41) is 9.71. The summed E-state index contributed by atoms with van der Waals surface area (Å²) < 4.78 is 29.5. The van der Waals surface area contributed by atoms with Crippen molar-refractivity contribution in [3.05, 3.63) is 92.1 Å². The van der Waals surface area contributed by atoms with Crippen molar-refractivity contribution in [2.75, 3.05) is 10.8 Å². The SMILES string of the molecule is CC(O)=[NH+]c1ccc2[nH]c(=O)n(-c3cc(S(=O)(=O)N4CCCc5ccccc54)ccc3Cl)c(=O)c2c1. The number of hydrogen-bond acceptors (Lipinski definition) is 4. The molecule has 11 heteroatoms. The molecular formula is C25H22ClN4O5S+. The van der Waals surface area contributed by atoms with Crippen molar-refractivity contribution in [1.82, 2.24) is 9.55 Å². The van der Waals surface area contributed by atoms with Crippen LogP contribution in [0.25, 0.3) is 16.6 Å². The Kier molecular flexibility index (Phi) is 5.93. The Morgan fingerprint density at radius 2 is 1.83 bits per heavy atom. The second kappa shape index (κ2) is 8.96. The molecule has 3 N–H and O–H groups in total. The average Bonchev–Trinajstić information content (AvgIpc) is 2.84. The largest absolute Gasteiger partial charge is 0.463 e. The number of rotatable bonds is 4. The average molecular weight is 526 g/mol. The van der Waals surface area contributed by atoms with Gasteiger partial charge in [-0.3, -0.25) is 9.10 Å². The lowest BCUT2D eigenvalue weighted by Gasteiger charge is -2.30. The topological polar surface area (TPSA) is 126 Å². The molecule has 4 aromatic rings. The van der Waals surface area contributed by atoms with Crippen LogP contribution in [0.4, 0.5) is 11.4 Å². The van der Waals surface area contributed by atoms with Gasteiger partial charge in [0.1, 0.15) is 0 Å². The van der Waals surface area contributed by atoms with Gasteiger partial charge in [-0.1, -0.05) is 29.8 Å². The van der Waals surface area contributed by atoms with Crippen LogP contribution in [-0.2, 0) is 16.4 Å². The molecule has 0 unspecified atom stereocenters. The fourth-order valence-electron chi connectivity index (χ4n) is 4.42. The molecule has 1 aromatic heterocycles. The van der Waals surface area contributed by atoms with Gasteiger partial charge in [-0.2, -0.15) is 4.99 Å². The summed E-state index contributed by atoms with van der Waals surface area (Å²) in [7, 11) is -4.00. The Labute approximate surface area is 211 Å². The van der Waals surface area contributed by atoms with Gasteiger partial charge in [0.15, 0.2) is 0 Å². The summed E-state index contributed by atoms with van der Waals surface area (Å²) in [6.45, 7) is 1.76. The van der Waals surface area contributed by atoms with Gasteiger partial charge >= 0.3 is 11.6 Å². The summed E-state index contributed by atoms with van der Waals surface area (Å²) >= 11 is 6.37. The predicted octanol–water partition coefficient (Wildman–Crippen LogP) is 2.16. The van der Waals surface area contributed by atoms with Gasteiger partial charge in [0.2, 0.25) is 5.69 Å². The first-order valence-electron chi connectivity index (χ1n) is 11.2. The van der Waals surface area contributed by atoms with E-state index in [1.807, 2.05) is 12.1 Å². The Morgan fingerprint density at radius 1 is 1.06 bits per heavy atom. The maximum absolute atomic E-state index is 13.6. The van der Waals surface area contributed by atoms with E-state index in [0.717, 1.165) is 16.6 Å². The highest BCUT2D eigenvalue weighted by atomic mass is 35.5. The molecule has 0 atom stereocenters. The zero-order valence-corrected chi connectivity index (χ0v) is 20.7. The third-order valence-electron chi connectivity index (χ3n) is 6.04. The third kappa shape index (κ3) is 4.08. The molecule has 0 aliphatic carbocycles. The van der Waals surface area contributed by atoms with Crippen molar-refractivity contribution in [3.63, 3.8) is 0 Å². The van der Waals surface area contributed by atoms with Gasteiger partial charge in [0.25, 0.3) is 15.6 Å². The molecular weight excluding hydrogens is 504 g/mol. The monoisotopic (exact) mass is 525 g/mol. The molecule has 2 heterocycles. The van der Waals surface area contributed by atoms with E-state index in [1.165, 1.54) is 41.6 Å². The number of nitrogens with zero attached hydrogens (tertiary/aromatic N) is 2. The molecule has 0 saturated heterocycles. The number of halogens is 1. The van der Waals surface area contributed by atoms with Gasteiger partial charge in [-0.05, 0) is 48.7 Å². The van der Waals surface area contributed by atoms with Gasteiger partial charge < -0.3 is 10.1 Å². The number of aromatic amines is 1. The number of benzene rings is 3. The van der Waals surface area contributed by atoms with Crippen LogP contribution in [0.3, 0.4) is 0 Å². The van der Waals surface area contributed by atoms with Crippen molar-refractivity contribution in [1.29, 1.82) is 0 Å². The molecule has 1 aliphatic heterocycles. The number of H-pyrrole nitrogens is 1. The maximum Gasteiger partial charge on any atom is 0.334 e.